The van der Waals surface area contributed by atoms with Crippen molar-refractivity contribution in [3.05, 3.63) is 151 Å². The van der Waals surface area contributed by atoms with Crippen LogP contribution in [-0.4, -0.2) is 14.5 Å². The lowest BCUT2D eigenvalue weighted by Gasteiger charge is -2.42. The van der Waals surface area contributed by atoms with Crippen LogP contribution in [0.4, 0.5) is 0 Å². The van der Waals surface area contributed by atoms with Crippen LogP contribution in [0.25, 0.3) is 83.3 Å². The highest BCUT2D eigenvalue weighted by Gasteiger charge is 2.38. The van der Waals surface area contributed by atoms with Crippen LogP contribution in [0.5, 0.6) is 0 Å². The first-order valence-corrected chi connectivity index (χ1v) is 18.3. The van der Waals surface area contributed by atoms with E-state index in [1.165, 1.54) is 56.9 Å². The molecule has 0 saturated heterocycles. The van der Waals surface area contributed by atoms with Gasteiger partial charge in [0.05, 0.1) is 22.1 Å². The summed E-state index contributed by atoms with van der Waals surface area (Å²) in [7, 11) is 0. The minimum absolute atomic E-state index is 0.105. The van der Waals surface area contributed by atoms with Crippen molar-refractivity contribution in [3.63, 3.8) is 0 Å². The molecule has 0 amide bonds. The predicted octanol–water partition coefficient (Wildman–Crippen LogP) is 12.8. The Bertz CT molecular complexity index is 2840. The molecule has 4 nitrogen and oxygen atoms in total. The number of hydrogen-bond donors (Lipinski definition) is 0. The van der Waals surface area contributed by atoms with Crippen LogP contribution in [0.2, 0.25) is 0 Å². The Morgan fingerprint density at radius 1 is 0.519 bits per heavy atom. The van der Waals surface area contributed by atoms with Gasteiger partial charge in [0.1, 0.15) is 5.58 Å². The monoisotopic (exact) mass is 673 g/mol. The van der Waals surface area contributed by atoms with Gasteiger partial charge in [0.15, 0.2) is 5.82 Å². The molecule has 3 heterocycles. The van der Waals surface area contributed by atoms with E-state index in [0.29, 0.717) is 11.5 Å². The lowest BCUT2D eigenvalue weighted by Crippen LogP contribution is -2.33. The molecule has 6 aromatic carbocycles. The molecule has 0 bridgehead atoms. The highest BCUT2D eigenvalue weighted by Crippen LogP contribution is 2.48. The van der Waals surface area contributed by atoms with Gasteiger partial charge in [-0.25, -0.2) is 4.98 Å². The number of benzene rings is 6. The first-order chi connectivity index (χ1) is 25.2. The van der Waals surface area contributed by atoms with Gasteiger partial charge in [0.25, 0.3) is 0 Å². The van der Waals surface area contributed by atoms with Crippen molar-refractivity contribution in [2.45, 2.75) is 51.4 Å². The maximum atomic E-state index is 6.42. The number of para-hydroxylation sites is 2. The smallest absolute Gasteiger partial charge is 0.231 e. The van der Waals surface area contributed by atoms with E-state index in [2.05, 4.69) is 148 Å². The van der Waals surface area contributed by atoms with E-state index >= 15 is 0 Å². The molecule has 0 spiro atoms. The SMILES string of the molecule is CC1(C)CCC(C)(C)c2cc3c(cc21)c1ccccc1n3-c1cccc(-c2nc(-c3ccc(-c4ccccc4)cc3)c3c(n2)oc2ccccc23)c1. The molecule has 0 fully saturated rings. The fraction of sp³-hybridized carbons (Fsp3) is 0.167. The van der Waals surface area contributed by atoms with Crippen molar-refractivity contribution in [1.29, 1.82) is 0 Å². The first-order valence-electron chi connectivity index (χ1n) is 18.3. The normalized spacial score (nSPS) is 15.1. The largest absolute Gasteiger partial charge is 0.438 e. The molecule has 0 aliphatic heterocycles. The summed E-state index contributed by atoms with van der Waals surface area (Å²) >= 11 is 0. The van der Waals surface area contributed by atoms with E-state index in [0.717, 1.165) is 38.9 Å². The zero-order valence-electron chi connectivity index (χ0n) is 29.9. The molecule has 3 aromatic heterocycles. The Morgan fingerprint density at radius 3 is 1.94 bits per heavy atom. The lowest BCUT2D eigenvalue weighted by molar-refractivity contribution is 0.332. The molecule has 1 aliphatic rings. The third-order valence-corrected chi connectivity index (χ3v) is 11.5. The highest BCUT2D eigenvalue weighted by atomic mass is 16.3. The number of aromatic nitrogens is 3. The Kier molecular flexibility index (Phi) is 6.66. The third kappa shape index (κ3) is 4.74. The molecule has 1 aliphatic carbocycles. The maximum Gasteiger partial charge on any atom is 0.231 e. The molecule has 4 heteroatoms. The molecule has 0 atom stereocenters. The summed E-state index contributed by atoms with van der Waals surface area (Å²) in [5, 5.41) is 4.51. The van der Waals surface area contributed by atoms with E-state index < -0.39 is 0 Å². The molecule has 10 rings (SSSR count). The van der Waals surface area contributed by atoms with Crippen LogP contribution in [0.15, 0.2) is 144 Å². The van der Waals surface area contributed by atoms with Gasteiger partial charge in [-0.2, -0.15) is 4.98 Å². The summed E-state index contributed by atoms with van der Waals surface area (Å²) in [6.07, 6.45) is 2.36. The lowest BCUT2D eigenvalue weighted by atomic mass is 9.63. The Hall–Kier alpha value is -6.00. The van der Waals surface area contributed by atoms with Crippen LogP contribution >= 0.6 is 0 Å². The first kappa shape index (κ1) is 30.8. The molecular formula is C48H39N3O. The summed E-state index contributed by atoms with van der Waals surface area (Å²) in [5.74, 6) is 0.636. The highest BCUT2D eigenvalue weighted by molar-refractivity contribution is 6.11. The Morgan fingerprint density at radius 2 is 1.15 bits per heavy atom. The van der Waals surface area contributed by atoms with Crippen molar-refractivity contribution >= 4 is 43.9 Å². The molecular weight excluding hydrogens is 635 g/mol. The van der Waals surface area contributed by atoms with Crippen molar-refractivity contribution in [1.82, 2.24) is 14.5 Å². The summed E-state index contributed by atoms with van der Waals surface area (Å²) < 4.78 is 8.85. The average molecular weight is 674 g/mol. The summed E-state index contributed by atoms with van der Waals surface area (Å²) in [5.41, 5.74) is 13.3. The molecule has 0 radical (unpaired) electrons. The van der Waals surface area contributed by atoms with Crippen LogP contribution in [0, 0.1) is 0 Å². The second-order valence-corrected chi connectivity index (χ2v) is 15.7. The molecule has 0 saturated carbocycles. The number of hydrogen-bond acceptors (Lipinski definition) is 3. The minimum Gasteiger partial charge on any atom is -0.438 e. The molecule has 252 valence electrons. The van der Waals surface area contributed by atoms with Crippen LogP contribution in [-0.2, 0) is 10.8 Å². The quantitative estimate of drug-likeness (QED) is 0.187. The van der Waals surface area contributed by atoms with Crippen molar-refractivity contribution in [2.75, 3.05) is 0 Å². The number of rotatable bonds is 4. The number of furan rings is 1. The molecule has 9 aromatic rings. The standard InChI is InChI=1S/C48H39N3O/c1-47(2)25-26-48(3,4)39-29-41-37(28-38(39)47)35-17-8-10-19-40(35)51(41)34-16-12-15-33(27-34)45-49-44(43-36-18-9-11-20-42(36)52-46(43)50-45)32-23-21-31(22-24-32)30-13-6-5-7-14-30/h5-24,27-29H,25-26H2,1-4H3. The van der Waals surface area contributed by atoms with Crippen LogP contribution in [0.1, 0.15) is 51.7 Å². The van der Waals surface area contributed by atoms with Crippen molar-refractivity contribution in [2.24, 2.45) is 0 Å². The fourth-order valence-corrected chi connectivity index (χ4v) is 8.50. The average Bonchev–Trinajstić information content (AvgIpc) is 3.72. The van der Waals surface area contributed by atoms with Gasteiger partial charge in [-0.15, -0.1) is 0 Å². The second-order valence-electron chi connectivity index (χ2n) is 15.7. The van der Waals surface area contributed by atoms with E-state index in [1.807, 2.05) is 24.3 Å². The topological polar surface area (TPSA) is 43.9 Å². The van der Waals surface area contributed by atoms with Crippen molar-refractivity contribution in [3.8, 4) is 39.5 Å². The van der Waals surface area contributed by atoms with E-state index in [4.69, 9.17) is 14.4 Å². The summed E-state index contributed by atoms with van der Waals surface area (Å²) in [6.45, 7) is 9.61. The third-order valence-electron chi connectivity index (χ3n) is 11.5. The van der Waals surface area contributed by atoms with Gasteiger partial charge >= 0.3 is 0 Å². The van der Waals surface area contributed by atoms with E-state index in [9.17, 15) is 0 Å². The summed E-state index contributed by atoms with van der Waals surface area (Å²) in [4.78, 5) is 10.4. The van der Waals surface area contributed by atoms with Gasteiger partial charge in [-0.3, -0.25) is 0 Å². The maximum absolute atomic E-state index is 6.42. The molecule has 0 unspecified atom stereocenters. The van der Waals surface area contributed by atoms with Crippen molar-refractivity contribution < 1.29 is 4.42 Å². The number of nitrogens with zero attached hydrogens (tertiary/aromatic N) is 3. The fourth-order valence-electron chi connectivity index (χ4n) is 8.50. The van der Waals surface area contributed by atoms with Gasteiger partial charge in [0.2, 0.25) is 5.71 Å². The Balaban J connectivity index is 1.17. The van der Waals surface area contributed by atoms with Crippen LogP contribution in [0.3, 0.4) is 0 Å². The van der Waals surface area contributed by atoms with Gasteiger partial charge in [-0.1, -0.05) is 131 Å². The van der Waals surface area contributed by atoms with Gasteiger partial charge in [0, 0.05) is 33.0 Å². The van der Waals surface area contributed by atoms with E-state index in [1.54, 1.807) is 0 Å². The predicted molar refractivity (Wildman–Crippen MR) is 215 cm³/mol. The summed E-state index contributed by atoms with van der Waals surface area (Å²) in [6, 6.07) is 49.7. The Labute approximate surface area is 303 Å². The minimum atomic E-state index is 0.105. The van der Waals surface area contributed by atoms with Crippen LogP contribution < -0.4 is 0 Å². The van der Waals surface area contributed by atoms with Gasteiger partial charge < -0.3 is 8.98 Å². The number of fused-ring (bicyclic) bond motifs is 7. The van der Waals surface area contributed by atoms with Gasteiger partial charge in [-0.05, 0) is 82.3 Å². The zero-order valence-corrected chi connectivity index (χ0v) is 29.9. The molecule has 0 N–H and O–H groups in total. The second kappa shape index (κ2) is 11.2. The molecule has 52 heavy (non-hydrogen) atoms. The zero-order chi connectivity index (χ0) is 35.2. The van der Waals surface area contributed by atoms with E-state index in [-0.39, 0.29) is 10.8 Å².